The van der Waals surface area contributed by atoms with Gasteiger partial charge in [-0.3, -0.25) is 4.90 Å². The van der Waals surface area contributed by atoms with Gasteiger partial charge in [-0.2, -0.15) is 0 Å². The third-order valence-corrected chi connectivity index (χ3v) is 5.25. The van der Waals surface area contributed by atoms with Crippen LogP contribution < -0.4 is 5.32 Å². The molecule has 3 N–H and O–H groups in total. The molecule has 0 spiro atoms. The van der Waals surface area contributed by atoms with Crippen LogP contribution in [0, 0.1) is 0 Å². The first-order valence-electron chi connectivity index (χ1n) is 9.18. The van der Waals surface area contributed by atoms with Crippen LogP contribution in [0.25, 0.3) is 0 Å². The van der Waals surface area contributed by atoms with E-state index in [0.29, 0.717) is 12.6 Å². The number of benzene rings is 1. The zero-order chi connectivity index (χ0) is 17.6. The summed E-state index contributed by atoms with van der Waals surface area (Å²) < 4.78 is 11.3. The minimum Gasteiger partial charge on any atom is -0.394 e. The average molecular weight is 350 g/mol. The second kappa shape index (κ2) is 9.07. The molecular weight excluding hydrogens is 320 g/mol. The summed E-state index contributed by atoms with van der Waals surface area (Å²) in [4.78, 5) is 2.13. The van der Waals surface area contributed by atoms with Crippen LogP contribution in [-0.2, 0) is 16.0 Å². The highest BCUT2D eigenvalue weighted by molar-refractivity contribution is 5.15. The minimum atomic E-state index is -0.694. The smallest absolute Gasteiger partial charge is 0.109 e. The molecule has 2 heterocycles. The summed E-state index contributed by atoms with van der Waals surface area (Å²) in [6, 6.07) is 10.5. The van der Waals surface area contributed by atoms with Crippen LogP contribution >= 0.6 is 0 Å². The van der Waals surface area contributed by atoms with Gasteiger partial charge < -0.3 is 25.0 Å². The van der Waals surface area contributed by atoms with Crippen molar-refractivity contribution < 1.29 is 19.7 Å². The fourth-order valence-electron chi connectivity index (χ4n) is 3.85. The number of hydrogen-bond acceptors (Lipinski definition) is 6. The minimum absolute atomic E-state index is 0.148. The predicted molar refractivity (Wildman–Crippen MR) is 95.3 cm³/mol. The molecule has 6 heteroatoms. The predicted octanol–water partition coefficient (Wildman–Crippen LogP) is 0.376. The fraction of sp³-hybridized carbons (Fsp3) is 0.684. The quantitative estimate of drug-likeness (QED) is 0.660. The largest absolute Gasteiger partial charge is 0.394 e. The molecule has 0 aliphatic carbocycles. The topological polar surface area (TPSA) is 74.2 Å². The number of aliphatic hydroxyl groups excluding tert-OH is 2. The van der Waals surface area contributed by atoms with Crippen molar-refractivity contribution in [2.75, 3.05) is 33.4 Å². The second-order valence-corrected chi connectivity index (χ2v) is 7.07. The van der Waals surface area contributed by atoms with Gasteiger partial charge in [-0.05, 0) is 25.5 Å². The van der Waals surface area contributed by atoms with Crippen molar-refractivity contribution in [2.45, 2.75) is 49.8 Å². The molecule has 1 aromatic carbocycles. The van der Waals surface area contributed by atoms with Crippen molar-refractivity contribution >= 4 is 0 Å². The summed E-state index contributed by atoms with van der Waals surface area (Å²) in [5.74, 6) is 0. The third-order valence-electron chi connectivity index (χ3n) is 5.25. The number of ether oxygens (including phenoxy) is 2. The number of nitrogens with zero attached hydrogens (tertiary/aromatic N) is 1. The van der Waals surface area contributed by atoms with E-state index in [0.717, 1.165) is 32.6 Å². The maximum atomic E-state index is 10.6. The molecule has 2 saturated heterocycles. The molecule has 4 atom stereocenters. The molecule has 0 amide bonds. The third kappa shape index (κ3) is 4.78. The van der Waals surface area contributed by atoms with Gasteiger partial charge in [0.1, 0.15) is 12.2 Å². The number of likely N-dealkylation sites (N-methyl/N-ethyl adjacent to an activating group) is 1. The van der Waals surface area contributed by atoms with E-state index in [-0.39, 0.29) is 18.8 Å². The first-order chi connectivity index (χ1) is 12.2. The Labute approximate surface area is 149 Å². The molecule has 0 aromatic heterocycles. The Balaban J connectivity index is 1.62. The van der Waals surface area contributed by atoms with Gasteiger partial charge in [0.25, 0.3) is 0 Å². The zero-order valence-electron chi connectivity index (χ0n) is 14.9. The summed E-state index contributed by atoms with van der Waals surface area (Å²) in [6.45, 7) is 2.83. The van der Waals surface area contributed by atoms with Crippen LogP contribution in [0.3, 0.4) is 0 Å². The Morgan fingerprint density at radius 3 is 2.56 bits per heavy atom. The second-order valence-electron chi connectivity index (χ2n) is 7.07. The van der Waals surface area contributed by atoms with Crippen LogP contribution in [0.1, 0.15) is 18.4 Å². The molecule has 25 heavy (non-hydrogen) atoms. The van der Waals surface area contributed by atoms with Gasteiger partial charge in [0.2, 0.25) is 0 Å². The van der Waals surface area contributed by atoms with Crippen molar-refractivity contribution in [3.8, 4) is 0 Å². The molecule has 0 radical (unpaired) electrons. The lowest BCUT2D eigenvalue weighted by atomic mass is 10.0. The summed E-state index contributed by atoms with van der Waals surface area (Å²) in [5, 5.41) is 23.7. The standard InChI is InChI=1S/C19H30N2O4/c1-21(12-14-5-3-2-4-6-14)18-16(25-17(13-22)19(18)23)11-20-15-7-9-24-10-8-15/h2-6,15-20,22-23H,7-13H2,1H3/t16-,17+,18+,19-/m1/s1. The molecule has 0 bridgehead atoms. The maximum Gasteiger partial charge on any atom is 0.109 e. The molecule has 1 aromatic rings. The lowest BCUT2D eigenvalue weighted by Crippen LogP contribution is -2.50. The first-order valence-corrected chi connectivity index (χ1v) is 9.18. The summed E-state index contributed by atoms with van der Waals surface area (Å²) >= 11 is 0. The van der Waals surface area contributed by atoms with Crippen molar-refractivity contribution in [3.63, 3.8) is 0 Å². The van der Waals surface area contributed by atoms with E-state index in [4.69, 9.17) is 9.47 Å². The van der Waals surface area contributed by atoms with Crippen molar-refractivity contribution in [1.29, 1.82) is 0 Å². The normalized spacial score (nSPS) is 30.9. The van der Waals surface area contributed by atoms with Crippen LogP contribution in [0.5, 0.6) is 0 Å². The van der Waals surface area contributed by atoms with E-state index in [1.54, 1.807) is 0 Å². The Morgan fingerprint density at radius 2 is 1.88 bits per heavy atom. The van der Waals surface area contributed by atoms with E-state index in [1.165, 1.54) is 5.56 Å². The Kier molecular flexibility index (Phi) is 6.81. The van der Waals surface area contributed by atoms with Crippen LogP contribution in [-0.4, -0.2) is 78.9 Å². The zero-order valence-corrected chi connectivity index (χ0v) is 14.9. The molecular formula is C19H30N2O4. The van der Waals surface area contributed by atoms with Gasteiger partial charge in [0.15, 0.2) is 0 Å². The van der Waals surface area contributed by atoms with Gasteiger partial charge >= 0.3 is 0 Å². The monoisotopic (exact) mass is 350 g/mol. The summed E-state index contributed by atoms with van der Waals surface area (Å²) in [7, 11) is 2.01. The van der Waals surface area contributed by atoms with Crippen LogP contribution in [0.4, 0.5) is 0 Å². The van der Waals surface area contributed by atoms with Crippen molar-refractivity contribution in [1.82, 2.24) is 10.2 Å². The molecule has 140 valence electrons. The van der Waals surface area contributed by atoms with E-state index in [1.807, 2.05) is 25.2 Å². The summed E-state index contributed by atoms with van der Waals surface area (Å²) in [6.07, 6.45) is 0.639. The highest BCUT2D eigenvalue weighted by atomic mass is 16.5. The van der Waals surface area contributed by atoms with E-state index in [9.17, 15) is 10.2 Å². The number of rotatable bonds is 7. The molecule has 6 nitrogen and oxygen atoms in total. The number of nitrogens with one attached hydrogen (secondary N) is 1. The molecule has 2 aliphatic heterocycles. The van der Waals surface area contributed by atoms with Gasteiger partial charge in [0, 0.05) is 32.3 Å². The lowest BCUT2D eigenvalue weighted by Gasteiger charge is -2.32. The molecule has 3 rings (SSSR count). The van der Waals surface area contributed by atoms with E-state index < -0.39 is 12.2 Å². The van der Waals surface area contributed by atoms with Crippen molar-refractivity contribution in [2.24, 2.45) is 0 Å². The van der Waals surface area contributed by atoms with E-state index in [2.05, 4.69) is 22.3 Å². The average Bonchev–Trinajstić information content (AvgIpc) is 2.97. The molecule has 0 saturated carbocycles. The van der Waals surface area contributed by atoms with Gasteiger partial charge in [-0.1, -0.05) is 30.3 Å². The first kappa shape index (κ1) is 18.8. The molecule has 2 aliphatic rings. The highest BCUT2D eigenvalue weighted by Crippen LogP contribution is 2.26. The molecule has 2 fully saturated rings. The maximum absolute atomic E-state index is 10.6. The van der Waals surface area contributed by atoms with Gasteiger partial charge in [0.05, 0.1) is 18.8 Å². The number of aliphatic hydroxyl groups is 2. The van der Waals surface area contributed by atoms with Crippen LogP contribution in [0.15, 0.2) is 30.3 Å². The SMILES string of the molecule is CN(Cc1ccccc1)[C@@H]1[C@H](O)[C@H](CO)O[C@@H]1CNC1CCOCC1. The fourth-order valence-corrected chi connectivity index (χ4v) is 3.85. The Morgan fingerprint density at radius 1 is 1.16 bits per heavy atom. The van der Waals surface area contributed by atoms with Gasteiger partial charge in [-0.15, -0.1) is 0 Å². The Bertz CT molecular complexity index is 509. The van der Waals surface area contributed by atoms with E-state index >= 15 is 0 Å². The van der Waals surface area contributed by atoms with Crippen LogP contribution in [0.2, 0.25) is 0 Å². The Hall–Kier alpha value is -1.02. The summed E-state index contributed by atoms with van der Waals surface area (Å²) in [5.41, 5.74) is 1.20. The number of hydrogen-bond donors (Lipinski definition) is 3. The molecule has 0 unspecified atom stereocenters. The lowest BCUT2D eigenvalue weighted by molar-refractivity contribution is -0.0229. The van der Waals surface area contributed by atoms with Gasteiger partial charge in [-0.25, -0.2) is 0 Å². The highest BCUT2D eigenvalue weighted by Gasteiger charge is 2.45. The van der Waals surface area contributed by atoms with Crippen molar-refractivity contribution in [3.05, 3.63) is 35.9 Å².